The number of carbonyl (C=O) groups is 1. The summed E-state index contributed by atoms with van der Waals surface area (Å²) in [5.74, 6) is 0. The van der Waals surface area contributed by atoms with Gasteiger partial charge in [0.15, 0.2) is 6.29 Å². The van der Waals surface area contributed by atoms with Gasteiger partial charge in [0.05, 0.1) is 11.1 Å². The van der Waals surface area contributed by atoms with E-state index in [1.165, 1.54) is 16.2 Å². The summed E-state index contributed by atoms with van der Waals surface area (Å²) in [5, 5.41) is 1.94. The second-order valence-corrected chi connectivity index (χ2v) is 3.26. The van der Waals surface area contributed by atoms with E-state index in [9.17, 15) is 4.79 Å². The molecule has 0 aromatic heterocycles. The molecule has 1 atom stereocenters. The van der Waals surface area contributed by atoms with Gasteiger partial charge >= 0.3 is 0 Å². The molecule has 1 unspecified atom stereocenters. The Hall–Kier alpha value is -0.150. The van der Waals surface area contributed by atoms with Gasteiger partial charge in [-0.05, 0) is 6.92 Å². The normalized spacial score (nSPS) is 26.2. The molecular formula is C5H6ClNOS. The van der Waals surface area contributed by atoms with Crippen LogP contribution in [0.1, 0.15) is 6.92 Å². The summed E-state index contributed by atoms with van der Waals surface area (Å²) in [5.41, 5.74) is 0.550. The predicted octanol–water partition coefficient (Wildman–Crippen LogP) is 1.58. The first kappa shape index (κ1) is 6.96. The number of allylic oxidation sites excluding steroid dienone is 1. The Balaban J connectivity index is 2.66. The summed E-state index contributed by atoms with van der Waals surface area (Å²) in [7, 11) is 0. The van der Waals surface area contributed by atoms with Crippen LogP contribution in [0.3, 0.4) is 0 Å². The number of halogens is 1. The Morgan fingerprint density at radius 1 is 2.00 bits per heavy atom. The van der Waals surface area contributed by atoms with Crippen molar-refractivity contribution in [2.24, 2.45) is 0 Å². The second kappa shape index (κ2) is 2.62. The molecule has 0 bridgehead atoms. The van der Waals surface area contributed by atoms with Crippen LogP contribution in [0.2, 0.25) is 0 Å². The molecular weight excluding hydrogens is 158 g/mol. The molecule has 0 spiro atoms. The van der Waals surface area contributed by atoms with Crippen molar-refractivity contribution in [1.29, 1.82) is 0 Å². The molecule has 50 valence electrons. The summed E-state index contributed by atoms with van der Waals surface area (Å²) >= 11 is 7.18. The van der Waals surface area contributed by atoms with E-state index in [4.69, 9.17) is 11.8 Å². The minimum atomic E-state index is 0.187. The number of nitrogens with zero attached hydrogens (tertiary/aromatic N) is 1. The van der Waals surface area contributed by atoms with Gasteiger partial charge in [-0.25, -0.2) is 0 Å². The average molecular weight is 164 g/mol. The smallest absolute Gasteiger partial charge is 0.167 e. The lowest BCUT2D eigenvalue weighted by atomic mass is 10.5. The molecule has 2 nitrogen and oxygen atoms in total. The highest BCUT2D eigenvalue weighted by molar-refractivity contribution is 8.03. The van der Waals surface area contributed by atoms with E-state index >= 15 is 0 Å². The van der Waals surface area contributed by atoms with Crippen LogP contribution in [0.4, 0.5) is 0 Å². The highest BCUT2D eigenvalue weighted by atomic mass is 35.5. The van der Waals surface area contributed by atoms with Gasteiger partial charge in [0, 0.05) is 17.2 Å². The Morgan fingerprint density at radius 2 is 2.67 bits per heavy atom. The van der Waals surface area contributed by atoms with Crippen LogP contribution in [0.25, 0.3) is 0 Å². The number of carbonyl (C=O) groups excluding carboxylic acids is 1. The molecule has 0 saturated carbocycles. The highest BCUT2D eigenvalue weighted by Gasteiger charge is 2.19. The topological polar surface area (TPSA) is 20.3 Å². The fourth-order valence-corrected chi connectivity index (χ4v) is 1.58. The molecule has 1 aliphatic heterocycles. The number of hydrogen-bond acceptors (Lipinski definition) is 3. The van der Waals surface area contributed by atoms with Crippen molar-refractivity contribution in [3.63, 3.8) is 0 Å². The molecule has 0 saturated heterocycles. The maximum Gasteiger partial charge on any atom is 0.167 e. The summed E-state index contributed by atoms with van der Waals surface area (Å²) in [6.07, 6.45) is 0.753. The van der Waals surface area contributed by atoms with Crippen molar-refractivity contribution < 1.29 is 4.79 Å². The molecule has 1 rings (SSSR count). The largest absolute Gasteiger partial charge is 0.296 e. The van der Waals surface area contributed by atoms with E-state index in [0.717, 1.165) is 6.29 Å². The lowest BCUT2D eigenvalue weighted by Crippen LogP contribution is -2.14. The zero-order valence-corrected chi connectivity index (χ0v) is 6.45. The molecule has 1 aliphatic rings. The third-order valence-corrected chi connectivity index (χ3v) is 2.66. The molecule has 1 heterocycles. The molecule has 4 heteroatoms. The van der Waals surface area contributed by atoms with Crippen molar-refractivity contribution in [2.75, 3.05) is 0 Å². The van der Waals surface area contributed by atoms with Crippen LogP contribution < -0.4 is 0 Å². The van der Waals surface area contributed by atoms with Gasteiger partial charge in [0.2, 0.25) is 0 Å². The van der Waals surface area contributed by atoms with E-state index in [1.54, 1.807) is 5.41 Å². The predicted molar refractivity (Wildman–Crippen MR) is 38.9 cm³/mol. The van der Waals surface area contributed by atoms with Gasteiger partial charge in [0.1, 0.15) is 0 Å². The molecule has 0 N–H and O–H groups in total. The van der Waals surface area contributed by atoms with Gasteiger partial charge in [-0.2, -0.15) is 0 Å². The molecule has 0 aromatic rings. The minimum Gasteiger partial charge on any atom is -0.296 e. The molecule has 0 amide bonds. The molecule has 0 aromatic carbocycles. The maximum absolute atomic E-state index is 10.2. The van der Waals surface area contributed by atoms with Crippen LogP contribution in [-0.4, -0.2) is 16.1 Å². The highest BCUT2D eigenvalue weighted by Crippen LogP contribution is 2.30. The minimum absolute atomic E-state index is 0.187. The van der Waals surface area contributed by atoms with Crippen molar-refractivity contribution >= 4 is 29.8 Å². The van der Waals surface area contributed by atoms with E-state index in [0.29, 0.717) is 5.70 Å². The summed E-state index contributed by atoms with van der Waals surface area (Å²) in [6, 6.07) is 0. The fraction of sp³-hybridized carbons (Fsp3) is 0.400. The Labute approximate surface area is 63.0 Å². The van der Waals surface area contributed by atoms with Crippen molar-refractivity contribution in [3.8, 4) is 0 Å². The quantitative estimate of drug-likeness (QED) is 0.433. The Bertz CT molecular complexity index is 159. The van der Waals surface area contributed by atoms with E-state index in [-0.39, 0.29) is 5.37 Å². The molecule has 0 fully saturated rings. The summed E-state index contributed by atoms with van der Waals surface area (Å²) < 4.78 is 1.43. The van der Waals surface area contributed by atoms with Gasteiger partial charge in [-0.1, -0.05) is 0 Å². The van der Waals surface area contributed by atoms with Gasteiger partial charge in [-0.3, -0.25) is 9.21 Å². The van der Waals surface area contributed by atoms with Gasteiger partial charge < -0.3 is 0 Å². The first-order valence-electron chi connectivity index (χ1n) is 2.51. The van der Waals surface area contributed by atoms with Crippen molar-refractivity contribution in [2.45, 2.75) is 12.3 Å². The van der Waals surface area contributed by atoms with Crippen molar-refractivity contribution in [3.05, 3.63) is 11.1 Å². The van der Waals surface area contributed by atoms with Crippen LogP contribution in [0.5, 0.6) is 0 Å². The maximum atomic E-state index is 10.2. The van der Waals surface area contributed by atoms with Crippen LogP contribution in [0.15, 0.2) is 11.1 Å². The van der Waals surface area contributed by atoms with Gasteiger partial charge in [0.25, 0.3) is 0 Å². The lowest BCUT2D eigenvalue weighted by Gasteiger charge is -2.12. The molecule has 0 radical (unpaired) electrons. The Morgan fingerprint density at radius 3 is 2.89 bits per heavy atom. The lowest BCUT2D eigenvalue weighted by molar-refractivity contribution is -0.105. The molecule has 9 heavy (non-hydrogen) atoms. The second-order valence-electron chi connectivity index (χ2n) is 1.71. The SMILES string of the molecule is CC1SC=C(C=O)N1Cl. The van der Waals surface area contributed by atoms with E-state index < -0.39 is 0 Å². The van der Waals surface area contributed by atoms with Crippen LogP contribution in [0, 0.1) is 0 Å². The average Bonchev–Trinajstić information content (AvgIpc) is 2.15. The summed E-state index contributed by atoms with van der Waals surface area (Å²) in [4.78, 5) is 10.2. The molecule has 0 aliphatic carbocycles. The monoisotopic (exact) mass is 163 g/mol. The summed E-state index contributed by atoms with van der Waals surface area (Å²) in [6.45, 7) is 1.94. The number of thioether (sulfide) groups is 1. The Kier molecular flexibility index (Phi) is 2.03. The third-order valence-electron chi connectivity index (χ3n) is 1.07. The van der Waals surface area contributed by atoms with Gasteiger partial charge in [-0.15, -0.1) is 11.8 Å². The zero-order valence-electron chi connectivity index (χ0n) is 4.87. The van der Waals surface area contributed by atoms with E-state index in [2.05, 4.69) is 0 Å². The van der Waals surface area contributed by atoms with E-state index in [1.807, 2.05) is 6.92 Å². The number of aldehydes is 1. The van der Waals surface area contributed by atoms with Crippen LogP contribution in [-0.2, 0) is 4.79 Å². The number of rotatable bonds is 1. The zero-order chi connectivity index (χ0) is 6.85. The number of hydrogen-bond donors (Lipinski definition) is 0. The fourth-order valence-electron chi connectivity index (χ4n) is 0.560. The van der Waals surface area contributed by atoms with Crippen LogP contribution >= 0.6 is 23.5 Å². The first-order chi connectivity index (χ1) is 4.25. The standard InChI is InChI=1S/C5H6ClNOS/c1-4-7(6)5(2-8)3-9-4/h2-4H,1H3. The third kappa shape index (κ3) is 1.22. The first-order valence-corrected chi connectivity index (χ1v) is 3.79. The van der Waals surface area contributed by atoms with Crippen molar-refractivity contribution in [1.82, 2.24) is 4.42 Å².